The maximum absolute atomic E-state index is 12.5. The summed E-state index contributed by atoms with van der Waals surface area (Å²) in [5.41, 5.74) is 7.22. The second kappa shape index (κ2) is 18.3. The van der Waals surface area contributed by atoms with Crippen molar-refractivity contribution in [3.8, 4) is 16.9 Å². The van der Waals surface area contributed by atoms with Crippen LogP contribution in [0.2, 0.25) is 0 Å². The summed E-state index contributed by atoms with van der Waals surface area (Å²) in [7, 11) is 1.67. The molecule has 3 aromatic rings. The number of pyridine rings is 1. The molecule has 0 saturated carbocycles. The molecule has 10 nitrogen and oxygen atoms in total. The number of aliphatic hydroxyl groups is 1. The number of ether oxygens (including phenoxy) is 3. The van der Waals surface area contributed by atoms with Crippen molar-refractivity contribution in [3.63, 3.8) is 0 Å². The lowest BCUT2D eigenvalue weighted by Gasteiger charge is -2.26. The molecule has 0 saturated heterocycles. The minimum absolute atomic E-state index is 0.0419. The van der Waals surface area contributed by atoms with Gasteiger partial charge in [-0.2, -0.15) is 0 Å². The zero-order valence-electron chi connectivity index (χ0n) is 27.4. The number of methoxy groups -OCH3 is 1. The van der Waals surface area contributed by atoms with Gasteiger partial charge in [-0.15, -0.1) is 0 Å². The molecule has 1 aliphatic carbocycles. The van der Waals surface area contributed by atoms with Gasteiger partial charge in [-0.1, -0.05) is 66.3 Å². The zero-order valence-corrected chi connectivity index (χ0v) is 27.4. The number of hydrazine groups is 1. The number of hydrogen-bond donors (Lipinski definition) is 3. The molecule has 1 aromatic heterocycles. The normalized spacial score (nSPS) is 13.1. The zero-order chi connectivity index (χ0) is 33.4. The number of carbonyl (C=O) groups is 2. The summed E-state index contributed by atoms with van der Waals surface area (Å²) >= 11 is 0. The molecule has 3 N–H and O–H groups in total. The second-order valence-corrected chi connectivity index (χ2v) is 11.8. The predicted octanol–water partition coefficient (Wildman–Crippen LogP) is 6.36. The molecule has 246 valence electrons. The fourth-order valence-electron chi connectivity index (χ4n) is 4.30. The van der Waals surface area contributed by atoms with Gasteiger partial charge in [-0.25, -0.2) is 14.6 Å². The molecule has 2 amide bonds. The fraction of sp³-hybridized carbons (Fsp3) is 0.361. The summed E-state index contributed by atoms with van der Waals surface area (Å²) in [5.74, 6) is 0.917. The highest BCUT2D eigenvalue weighted by Gasteiger charge is 2.20. The van der Waals surface area contributed by atoms with Crippen LogP contribution < -0.4 is 15.5 Å². The molecule has 46 heavy (non-hydrogen) atoms. The summed E-state index contributed by atoms with van der Waals surface area (Å²) in [6, 6.07) is 19.7. The van der Waals surface area contributed by atoms with E-state index in [1.54, 1.807) is 45.3 Å². The van der Waals surface area contributed by atoms with Crippen molar-refractivity contribution in [1.29, 1.82) is 0 Å². The number of benzene rings is 2. The minimum Gasteiger partial charge on any atom is -0.497 e. The molecular weight excluding hydrogens is 584 g/mol. The van der Waals surface area contributed by atoms with E-state index in [2.05, 4.69) is 22.7 Å². The molecule has 10 heteroatoms. The molecule has 1 heterocycles. The molecule has 0 bridgehead atoms. The van der Waals surface area contributed by atoms with Gasteiger partial charge in [0.1, 0.15) is 18.0 Å². The number of alkyl carbamates (subject to hydrolysis) is 1. The summed E-state index contributed by atoms with van der Waals surface area (Å²) < 4.78 is 15.6. The van der Waals surface area contributed by atoms with E-state index in [1.165, 1.54) is 5.56 Å². The Hall–Kier alpha value is -4.67. The lowest BCUT2D eigenvalue weighted by molar-refractivity contribution is 0.0416. The topological polar surface area (TPSA) is 122 Å². The van der Waals surface area contributed by atoms with Crippen molar-refractivity contribution < 1.29 is 28.9 Å². The van der Waals surface area contributed by atoms with Crippen molar-refractivity contribution >= 4 is 12.2 Å². The summed E-state index contributed by atoms with van der Waals surface area (Å²) in [6.45, 7) is 7.83. The van der Waals surface area contributed by atoms with Gasteiger partial charge in [0, 0.05) is 32.0 Å². The van der Waals surface area contributed by atoms with Crippen LogP contribution in [0.25, 0.3) is 11.1 Å². The highest BCUT2D eigenvalue weighted by atomic mass is 16.6. The van der Waals surface area contributed by atoms with Crippen molar-refractivity contribution in [3.05, 3.63) is 108 Å². The van der Waals surface area contributed by atoms with Gasteiger partial charge in [0.25, 0.3) is 0 Å². The van der Waals surface area contributed by atoms with Gasteiger partial charge in [0.15, 0.2) is 0 Å². The van der Waals surface area contributed by atoms with Crippen molar-refractivity contribution in [2.75, 3.05) is 26.8 Å². The van der Waals surface area contributed by atoms with Crippen LogP contribution in [0.1, 0.15) is 44.7 Å². The van der Waals surface area contributed by atoms with Gasteiger partial charge >= 0.3 is 12.2 Å². The number of aryl methyl sites for hydroxylation is 1. The molecule has 0 aliphatic heterocycles. The maximum atomic E-state index is 12.5. The number of allylic oxidation sites excluding steroid dienone is 2. The van der Waals surface area contributed by atoms with E-state index in [4.69, 9.17) is 14.2 Å². The number of amides is 2. The molecular formula is C36H46N4O6. The quantitative estimate of drug-likeness (QED) is 0.209. The Bertz CT molecular complexity index is 1420. The Morgan fingerprint density at radius 1 is 1.00 bits per heavy atom. The lowest BCUT2D eigenvalue weighted by atomic mass is 10.1. The molecule has 1 aliphatic rings. The Labute approximate surface area is 272 Å². The molecule has 0 fully saturated rings. The minimum atomic E-state index is -0.966. The van der Waals surface area contributed by atoms with Gasteiger partial charge in [-0.3, -0.25) is 10.4 Å². The number of aliphatic hydroxyl groups excluding tert-OH is 1. The van der Waals surface area contributed by atoms with Crippen LogP contribution in [0.5, 0.6) is 5.75 Å². The highest BCUT2D eigenvalue weighted by molar-refractivity contribution is 5.68. The molecule has 1 atom stereocenters. The smallest absolute Gasteiger partial charge is 0.422 e. The first-order valence-electron chi connectivity index (χ1n) is 15.3. The highest BCUT2D eigenvalue weighted by Crippen LogP contribution is 2.19. The van der Waals surface area contributed by atoms with Crippen LogP contribution in [-0.4, -0.2) is 65.8 Å². The average Bonchev–Trinajstić information content (AvgIpc) is 3.04. The second-order valence-electron chi connectivity index (χ2n) is 11.8. The SMILES string of the molecule is CC(C)(C)OC(=O)NCC(O)CN(Cc1ccc(-c2cccnc2)cc1)NC(=O)OCC1=CCCC=C1.COc1ccc(C)cc1. The molecule has 4 rings (SSSR count). The summed E-state index contributed by atoms with van der Waals surface area (Å²) in [4.78, 5) is 28.6. The first kappa shape index (κ1) is 35.8. The molecule has 2 aromatic carbocycles. The van der Waals surface area contributed by atoms with E-state index in [1.807, 2.05) is 78.9 Å². The van der Waals surface area contributed by atoms with E-state index in [0.29, 0.717) is 6.54 Å². The number of rotatable bonds is 11. The summed E-state index contributed by atoms with van der Waals surface area (Å²) in [5, 5.41) is 14.7. The van der Waals surface area contributed by atoms with Gasteiger partial charge in [0.2, 0.25) is 0 Å². The maximum Gasteiger partial charge on any atom is 0.422 e. The van der Waals surface area contributed by atoms with E-state index < -0.39 is 23.9 Å². The molecule has 1 unspecified atom stereocenters. The third-order valence-corrected chi connectivity index (χ3v) is 6.58. The predicted molar refractivity (Wildman–Crippen MR) is 179 cm³/mol. The number of aromatic nitrogens is 1. The number of nitrogens with zero attached hydrogens (tertiary/aromatic N) is 2. The molecule has 0 radical (unpaired) electrons. The van der Waals surface area contributed by atoms with Crippen LogP contribution in [-0.2, 0) is 16.0 Å². The molecule has 0 spiro atoms. The number of carbonyl (C=O) groups excluding carboxylic acids is 2. The van der Waals surface area contributed by atoms with Gasteiger partial charge in [-0.05, 0) is 81.0 Å². The third kappa shape index (κ3) is 14.0. The van der Waals surface area contributed by atoms with Gasteiger partial charge in [0.05, 0.1) is 13.2 Å². The third-order valence-electron chi connectivity index (χ3n) is 6.58. The van der Waals surface area contributed by atoms with E-state index in [-0.39, 0.29) is 19.7 Å². The fourth-order valence-corrected chi connectivity index (χ4v) is 4.30. The average molecular weight is 631 g/mol. The summed E-state index contributed by atoms with van der Waals surface area (Å²) in [6.07, 6.45) is 9.26. The van der Waals surface area contributed by atoms with Gasteiger partial charge < -0.3 is 24.6 Å². The number of nitrogens with one attached hydrogen (secondary N) is 2. The Morgan fingerprint density at radius 3 is 2.35 bits per heavy atom. The van der Waals surface area contributed by atoms with E-state index >= 15 is 0 Å². The standard InChI is InChI=1S/C28H36N4O5.C8H10O/c1-28(2,3)37-26(34)30-17-25(33)19-32(31-27(35)36-20-22-8-5-4-6-9-22)18-21-11-13-23(14-12-21)24-10-7-15-29-16-24;1-7-3-5-8(9-2)6-4-7/h5,7-16,25,33H,4,6,17-20H2,1-3H3,(H,30,34)(H,31,35);3-6H,1-2H3. The van der Waals surface area contributed by atoms with Crippen LogP contribution in [0, 0.1) is 6.92 Å². The Morgan fingerprint density at radius 2 is 1.74 bits per heavy atom. The largest absolute Gasteiger partial charge is 0.497 e. The first-order valence-corrected chi connectivity index (χ1v) is 15.3. The lowest BCUT2D eigenvalue weighted by Crippen LogP contribution is -2.48. The Kier molecular flexibility index (Phi) is 14.3. The van der Waals surface area contributed by atoms with Crippen LogP contribution in [0.15, 0.2) is 96.9 Å². The van der Waals surface area contributed by atoms with Crippen molar-refractivity contribution in [2.24, 2.45) is 0 Å². The monoisotopic (exact) mass is 630 g/mol. The first-order chi connectivity index (χ1) is 22.0. The number of hydrogen-bond acceptors (Lipinski definition) is 8. The van der Waals surface area contributed by atoms with Crippen LogP contribution >= 0.6 is 0 Å². The van der Waals surface area contributed by atoms with Crippen molar-refractivity contribution in [2.45, 2.75) is 58.8 Å². The Balaban J connectivity index is 0.000000549. The van der Waals surface area contributed by atoms with Crippen LogP contribution in [0.4, 0.5) is 9.59 Å². The van der Waals surface area contributed by atoms with E-state index in [0.717, 1.165) is 40.9 Å². The van der Waals surface area contributed by atoms with E-state index in [9.17, 15) is 14.7 Å². The van der Waals surface area contributed by atoms with Crippen LogP contribution in [0.3, 0.4) is 0 Å². The van der Waals surface area contributed by atoms with Crippen molar-refractivity contribution in [1.82, 2.24) is 20.7 Å².